The van der Waals surface area contributed by atoms with Gasteiger partial charge in [0.05, 0.1) is 17.7 Å². The third-order valence-electron chi connectivity index (χ3n) is 3.73. The summed E-state index contributed by atoms with van der Waals surface area (Å²) in [6.45, 7) is 6.57. The van der Waals surface area contributed by atoms with E-state index in [-0.39, 0.29) is 11.6 Å². The number of aryl methyl sites for hydroxylation is 1. The summed E-state index contributed by atoms with van der Waals surface area (Å²) in [4.78, 5) is 14.0. The third kappa shape index (κ3) is 7.13. The summed E-state index contributed by atoms with van der Waals surface area (Å²) in [5.41, 5.74) is 0.923. The zero-order valence-corrected chi connectivity index (χ0v) is 15.7. The standard InChI is InChI=1S/C11H11N3O3.C7H15Cl/c1-8-12-6-11(15)13(8)7-9-2-4-10(5-3-9)14(16)17;1-3-5-7(8)6-4-2/h2-6,15H,7H2,1H3;7H,3-6H2,1-2H3. The molecule has 0 unspecified atom stereocenters. The summed E-state index contributed by atoms with van der Waals surface area (Å²) >= 11 is 5.88. The molecule has 0 aliphatic heterocycles. The number of nitro groups is 1. The molecular formula is C18H26ClN3O3. The fraction of sp³-hybridized carbons (Fsp3) is 0.500. The molecular weight excluding hydrogens is 342 g/mol. The first kappa shape index (κ1) is 21.0. The molecule has 0 saturated carbocycles. The second kappa shape index (κ2) is 10.7. The highest BCUT2D eigenvalue weighted by Gasteiger charge is 2.07. The fourth-order valence-corrected chi connectivity index (χ4v) is 2.76. The molecule has 138 valence electrons. The molecule has 0 saturated heterocycles. The van der Waals surface area contributed by atoms with Crippen LogP contribution < -0.4 is 0 Å². The number of non-ortho nitro benzene ring substituents is 1. The third-order valence-corrected chi connectivity index (χ3v) is 4.16. The van der Waals surface area contributed by atoms with Gasteiger partial charge < -0.3 is 5.11 Å². The Bertz CT molecular complexity index is 631. The highest BCUT2D eigenvalue weighted by atomic mass is 35.5. The largest absolute Gasteiger partial charge is 0.493 e. The number of halogens is 1. The Labute approximate surface area is 153 Å². The summed E-state index contributed by atoms with van der Waals surface area (Å²) in [7, 11) is 0. The van der Waals surface area contributed by atoms with Crippen LogP contribution in [0.5, 0.6) is 5.88 Å². The van der Waals surface area contributed by atoms with Crippen LogP contribution in [0.1, 0.15) is 50.9 Å². The van der Waals surface area contributed by atoms with Crippen molar-refractivity contribution < 1.29 is 10.0 Å². The summed E-state index contributed by atoms with van der Waals surface area (Å²) in [5.74, 6) is 0.779. The van der Waals surface area contributed by atoms with Crippen molar-refractivity contribution in [1.29, 1.82) is 0 Å². The molecule has 0 spiro atoms. The summed E-state index contributed by atoms with van der Waals surface area (Å²) in [6, 6.07) is 6.21. The highest BCUT2D eigenvalue weighted by Crippen LogP contribution is 2.17. The summed E-state index contributed by atoms with van der Waals surface area (Å²) in [6.07, 6.45) is 6.16. The Morgan fingerprint density at radius 1 is 1.24 bits per heavy atom. The number of hydrogen-bond acceptors (Lipinski definition) is 4. The van der Waals surface area contributed by atoms with Crippen LogP contribution in [0.2, 0.25) is 0 Å². The SMILES string of the molecule is CCCC(Cl)CCC.Cc1ncc(O)n1Cc1ccc([N+](=O)[O-])cc1. The Kier molecular flexibility index (Phi) is 8.99. The molecule has 0 bridgehead atoms. The molecule has 2 aromatic rings. The molecule has 1 aromatic heterocycles. The van der Waals surface area contributed by atoms with Crippen molar-refractivity contribution >= 4 is 17.3 Å². The van der Waals surface area contributed by atoms with Gasteiger partial charge in [0.25, 0.3) is 5.69 Å². The lowest BCUT2D eigenvalue weighted by Gasteiger charge is -2.06. The maximum absolute atomic E-state index is 10.5. The van der Waals surface area contributed by atoms with E-state index in [9.17, 15) is 15.2 Å². The Morgan fingerprint density at radius 3 is 2.20 bits per heavy atom. The minimum atomic E-state index is -0.441. The van der Waals surface area contributed by atoms with E-state index in [1.165, 1.54) is 44.0 Å². The van der Waals surface area contributed by atoms with Crippen molar-refractivity contribution in [3.8, 4) is 5.88 Å². The van der Waals surface area contributed by atoms with Crippen LogP contribution in [-0.2, 0) is 6.54 Å². The van der Waals surface area contributed by atoms with Gasteiger partial charge in [-0.1, -0.05) is 38.8 Å². The maximum atomic E-state index is 10.5. The number of hydrogen-bond donors (Lipinski definition) is 1. The van der Waals surface area contributed by atoms with E-state index < -0.39 is 4.92 Å². The summed E-state index contributed by atoms with van der Waals surface area (Å²) < 4.78 is 1.63. The fourth-order valence-electron chi connectivity index (χ4n) is 2.33. The van der Waals surface area contributed by atoms with Gasteiger partial charge >= 0.3 is 0 Å². The van der Waals surface area contributed by atoms with Gasteiger partial charge in [0, 0.05) is 17.5 Å². The van der Waals surface area contributed by atoms with Gasteiger partial charge in [-0.25, -0.2) is 4.98 Å². The molecule has 0 aliphatic rings. The Balaban J connectivity index is 0.000000333. The summed E-state index contributed by atoms with van der Waals surface area (Å²) in [5, 5.41) is 20.5. The first-order valence-electron chi connectivity index (χ1n) is 8.47. The predicted molar refractivity (Wildman–Crippen MR) is 100 cm³/mol. The number of rotatable bonds is 7. The second-order valence-corrected chi connectivity index (χ2v) is 6.47. The van der Waals surface area contributed by atoms with Crippen LogP contribution in [0, 0.1) is 17.0 Å². The zero-order chi connectivity index (χ0) is 18.8. The number of imidazole rings is 1. The van der Waals surface area contributed by atoms with Crippen LogP contribution >= 0.6 is 11.6 Å². The molecule has 0 fully saturated rings. The van der Waals surface area contributed by atoms with E-state index in [0.717, 1.165) is 5.56 Å². The van der Waals surface area contributed by atoms with Gasteiger partial charge in [0.15, 0.2) is 0 Å². The van der Waals surface area contributed by atoms with Gasteiger partial charge in [-0.2, -0.15) is 0 Å². The smallest absolute Gasteiger partial charge is 0.269 e. The molecule has 6 nitrogen and oxygen atoms in total. The van der Waals surface area contributed by atoms with E-state index in [1.807, 2.05) is 0 Å². The van der Waals surface area contributed by atoms with E-state index in [4.69, 9.17) is 11.6 Å². The van der Waals surface area contributed by atoms with E-state index in [1.54, 1.807) is 23.6 Å². The average molecular weight is 368 g/mol. The van der Waals surface area contributed by atoms with Gasteiger partial charge in [0.2, 0.25) is 5.88 Å². The van der Waals surface area contributed by atoms with Crippen LogP contribution in [0.4, 0.5) is 5.69 Å². The molecule has 1 N–H and O–H groups in total. The maximum Gasteiger partial charge on any atom is 0.269 e. The average Bonchev–Trinajstić information content (AvgIpc) is 2.88. The quantitative estimate of drug-likeness (QED) is 0.422. The van der Waals surface area contributed by atoms with Crippen LogP contribution in [0.3, 0.4) is 0 Å². The monoisotopic (exact) mass is 367 g/mol. The van der Waals surface area contributed by atoms with E-state index in [2.05, 4.69) is 18.8 Å². The number of nitro benzene ring substituents is 1. The van der Waals surface area contributed by atoms with Gasteiger partial charge in [0.1, 0.15) is 5.82 Å². The molecule has 1 aromatic carbocycles. The first-order chi connectivity index (χ1) is 11.9. The molecule has 0 atom stereocenters. The second-order valence-electron chi connectivity index (χ2n) is 5.85. The van der Waals surface area contributed by atoms with Crippen molar-refractivity contribution in [2.24, 2.45) is 0 Å². The lowest BCUT2D eigenvalue weighted by molar-refractivity contribution is -0.384. The lowest BCUT2D eigenvalue weighted by atomic mass is 10.2. The van der Waals surface area contributed by atoms with E-state index in [0.29, 0.717) is 17.7 Å². The van der Waals surface area contributed by atoms with Gasteiger partial charge in [-0.05, 0) is 25.3 Å². The number of benzene rings is 1. The zero-order valence-electron chi connectivity index (χ0n) is 15.0. The first-order valence-corrected chi connectivity index (χ1v) is 8.91. The van der Waals surface area contributed by atoms with Gasteiger partial charge in [-0.3, -0.25) is 14.7 Å². The molecule has 0 aliphatic carbocycles. The lowest BCUT2D eigenvalue weighted by Crippen LogP contribution is -2.01. The Hall–Kier alpha value is -2.08. The molecule has 25 heavy (non-hydrogen) atoms. The molecule has 2 rings (SSSR count). The van der Waals surface area contributed by atoms with E-state index >= 15 is 0 Å². The normalized spacial score (nSPS) is 10.4. The van der Waals surface area contributed by atoms with Crippen molar-refractivity contribution in [1.82, 2.24) is 9.55 Å². The molecule has 1 heterocycles. The van der Waals surface area contributed by atoms with Crippen molar-refractivity contribution in [3.05, 3.63) is 52.0 Å². The van der Waals surface area contributed by atoms with Crippen LogP contribution in [0.15, 0.2) is 30.5 Å². The molecule has 7 heteroatoms. The topological polar surface area (TPSA) is 81.2 Å². The predicted octanol–water partition coefficient (Wildman–Crippen LogP) is 5.05. The molecule has 0 radical (unpaired) electrons. The number of aromatic hydroxyl groups is 1. The van der Waals surface area contributed by atoms with Crippen LogP contribution in [0.25, 0.3) is 0 Å². The Morgan fingerprint density at radius 2 is 1.80 bits per heavy atom. The number of aromatic nitrogens is 2. The number of nitrogens with zero attached hydrogens (tertiary/aromatic N) is 3. The number of alkyl halides is 1. The van der Waals surface area contributed by atoms with Crippen molar-refractivity contribution in [2.45, 2.75) is 58.4 Å². The van der Waals surface area contributed by atoms with Gasteiger partial charge in [-0.15, -0.1) is 11.6 Å². The minimum Gasteiger partial charge on any atom is -0.493 e. The molecule has 0 amide bonds. The van der Waals surface area contributed by atoms with Crippen LogP contribution in [-0.4, -0.2) is 25.0 Å². The van der Waals surface area contributed by atoms with Crippen molar-refractivity contribution in [2.75, 3.05) is 0 Å². The highest BCUT2D eigenvalue weighted by molar-refractivity contribution is 6.20. The minimum absolute atomic E-state index is 0.0559. The van der Waals surface area contributed by atoms with Crippen molar-refractivity contribution in [3.63, 3.8) is 0 Å².